The van der Waals surface area contributed by atoms with Gasteiger partial charge in [0.1, 0.15) is 17.2 Å². The highest BCUT2D eigenvalue weighted by molar-refractivity contribution is 6.21. The molecule has 0 aromatic heterocycles. The second-order valence-electron chi connectivity index (χ2n) is 6.35. The maximum Gasteiger partial charge on any atom is 0.197 e. The number of carbonyl (C=O) groups is 3. The molecule has 0 spiro atoms. The van der Waals surface area contributed by atoms with Crippen LogP contribution in [0.4, 0.5) is 0 Å². The van der Waals surface area contributed by atoms with Crippen molar-refractivity contribution in [3.05, 3.63) is 88.5 Å². The van der Waals surface area contributed by atoms with Gasteiger partial charge in [-0.1, -0.05) is 12.1 Å². The summed E-state index contributed by atoms with van der Waals surface area (Å²) in [5.74, 6) is 0.325. The molecular weight excluding hydrogens is 384 g/mol. The second-order valence-corrected chi connectivity index (χ2v) is 6.35. The van der Waals surface area contributed by atoms with Crippen molar-refractivity contribution in [2.24, 2.45) is 0 Å². The third-order valence-corrected chi connectivity index (χ3v) is 4.68. The Kier molecular flexibility index (Phi) is 6.27. The minimum absolute atomic E-state index is 0.0242. The highest BCUT2D eigenvalue weighted by Gasteiger charge is 2.26. The summed E-state index contributed by atoms with van der Waals surface area (Å²) in [5.41, 5.74) is 1.01. The smallest absolute Gasteiger partial charge is 0.197 e. The largest absolute Gasteiger partial charge is 0.497 e. The summed E-state index contributed by atoms with van der Waals surface area (Å²) < 4.78 is 15.7. The summed E-state index contributed by atoms with van der Waals surface area (Å²) in [4.78, 5) is 38.1. The van der Waals surface area contributed by atoms with Crippen molar-refractivity contribution in [1.82, 2.24) is 0 Å². The topological polar surface area (TPSA) is 78.9 Å². The molecule has 152 valence electrons. The van der Waals surface area contributed by atoms with E-state index >= 15 is 0 Å². The lowest BCUT2D eigenvalue weighted by Crippen LogP contribution is -2.14. The van der Waals surface area contributed by atoms with E-state index in [1.807, 2.05) is 0 Å². The van der Waals surface area contributed by atoms with Gasteiger partial charge in [-0.2, -0.15) is 0 Å². The first-order chi connectivity index (χ1) is 14.5. The number of methoxy groups -OCH3 is 3. The van der Waals surface area contributed by atoms with Crippen LogP contribution in [-0.2, 0) is 0 Å². The van der Waals surface area contributed by atoms with E-state index < -0.39 is 5.78 Å². The van der Waals surface area contributed by atoms with Gasteiger partial charge in [-0.05, 0) is 48.5 Å². The molecule has 3 aromatic carbocycles. The van der Waals surface area contributed by atoms with Crippen molar-refractivity contribution in [3.8, 4) is 17.2 Å². The van der Waals surface area contributed by atoms with Crippen LogP contribution in [0.5, 0.6) is 17.2 Å². The number of ketones is 2. The van der Waals surface area contributed by atoms with Crippen LogP contribution < -0.4 is 14.2 Å². The van der Waals surface area contributed by atoms with Crippen molar-refractivity contribution >= 4 is 17.9 Å². The molecule has 0 N–H and O–H groups in total. The maximum absolute atomic E-state index is 13.4. The average Bonchev–Trinajstić information content (AvgIpc) is 2.82. The van der Waals surface area contributed by atoms with Crippen LogP contribution in [0, 0.1) is 0 Å². The number of carbonyl (C=O) groups excluding carboxylic acids is 3. The van der Waals surface area contributed by atoms with E-state index in [0.29, 0.717) is 28.9 Å². The SMILES string of the molecule is COc1ccc(C(=O)c2ccc(C=O)c(OC)c2C(=O)c2cccc(OC)c2)cc1. The third-order valence-electron chi connectivity index (χ3n) is 4.68. The first-order valence-corrected chi connectivity index (χ1v) is 9.07. The Labute approximate surface area is 174 Å². The summed E-state index contributed by atoms with van der Waals surface area (Å²) in [6.45, 7) is 0. The molecule has 0 aliphatic heterocycles. The quantitative estimate of drug-likeness (QED) is 0.417. The second kappa shape index (κ2) is 9.05. The number of aldehydes is 1. The highest BCUT2D eigenvalue weighted by Crippen LogP contribution is 2.31. The van der Waals surface area contributed by atoms with Gasteiger partial charge in [0.05, 0.1) is 32.5 Å². The summed E-state index contributed by atoms with van der Waals surface area (Å²) in [6.07, 6.45) is 0.586. The van der Waals surface area contributed by atoms with Crippen LogP contribution in [0.25, 0.3) is 0 Å². The molecule has 6 nitrogen and oxygen atoms in total. The van der Waals surface area contributed by atoms with Gasteiger partial charge >= 0.3 is 0 Å². The number of rotatable bonds is 8. The van der Waals surface area contributed by atoms with E-state index in [1.165, 1.54) is 33.5 Å². The van der Waals surface area contributed by atoms with Crippen molar-refractivity contribution in [3.63, 3.8) is 0 Å². The molecule has 3 aromatic rings. The molecule has 0 aliphatic carbocycles. The van der Waals surface area contributed by atoms with Crippen LogP contribution in [-0.4, -0.2) is 39.2 Å². The summed E-state index contributed by atoms with van der Waals surface area (Å²) in [5, 5.41) is 0. The molecule has 0 fully saturated rings. The van der Waals surface area contributed by atoms with Crippen LogP contribution in [0.15, 0.2) is 60.7 Å². The number of hydrogen-bond donors (Lipinski definition) is 0. The van der Waals surface area contributed by atoms with Crippen LogP contribution in [0.2, 0.25) is 0 Å². The lowest BCUT2D eigenvalue weighted by atomic mass is 9.90. The Hall–Kier alpha value is -3.93. The number of benzene rings is 3. The molecule has 0 atom stereocenters. The van der Waals surface area contributed by atoms with Gasteiger partial charge in [0, 0.05) is 16.7 Å². The van der Waals surface area contributed by atoms with Crippen molar-refractivity contribution in [2.75, 3.05) is 21.3 Å². The molecule has 0 saturated heterocycles. The van der Waals surface area contributed by atoms with Gasteiger partial charge in [0.2, 0.25) is 0 Å². The van der Waals surface area contributed by atoms with Gasteiger partial charge in [-0.3, -0.25) is 14.4 Å². The average molecular weight is 404 g/mol. The number of ether oxygens (including phenoxy) is 3. The molecule has 0 heterocycles. The predicted octanol–water partition coefficient (Wildman–Crippen LogP) is 3.99. The molecule has 30 heavy (non-hydrogen) atoms. The Morgan fingerprint density at radius 1 is 0.733 bits per heavy atom. The van der Waals surface area contributed by atoms with Gasteiger partial charge < -0.3 is 14.2 Å². The standard InChI is InChI=1S/C24H20O6/c1-28-18-10-7-15(8-11-18)22(26)20-12-9-17(14-25)24(30-3)21(20)23(27)16-5-4-6-19(13-16)29-2/h4-14H,1-3H3. The summed E-state index contributed by atoms with van der Waals surface area (Å²) in [7, 11) is 4.38. The fourth-order valence-electron chi connectivity index (χ4n) is 3.13. The summed E-state index contributed by atoms with van der Waals surface area (Å²) >= 11 is 0. The van der Waals surface area contributed by atoms with Crippen LogP contribution in [0.3, 0.4) is 0 Å². The lowest BCUT2D eigenvalue weighted by molar-refractivity contribution is 0.1000. The van der Waals surface area contributed by atoms with E-state index in [9.17, 15) is 14.4 Å². The Morgan fingerprint density at radius 3 is 2.03 bits per heavy atom. The van der Waals surface area contributed by atoms with E-state index in [2.05, 4.69) is 0 Å². The van der Waals surface area contributed by atoms with E-state index in [1.54, 1.807) is 48.5 Å². The minimum Gasteiger partial charge on any atom is -0.497 e. The molecular formula is C24H20O6. The van der Waals surface area contributed by atoms with Gasteiger partial charge in [0.15, 0.2) is 17.9 Å². The lowest BCUT2D eigenvalue weighted by Gasteiger charge is -2.15. The fourth-order valence-corrected chi connectivity index (χ4v) is 3.13. The van der Waals surface area contributed by atoms with Gasteiger partial charge in [0.25, 0.3) is 0 Å². The molecule has 0 unspecified atom stereocenters. The Balaban J connectivity index is 2.19. The first-order valence-electron chi connectivity index (χ1n) is 9.07. The van der Waals surface area contributed by atoms with Crippen molar-refractivity contribution < 1.29 is 28.6 Å². The van der Waals surface area contributed by atoms with Gasteiger partial charge in [-0.25, -0.2) is 0 Å². The van der Waals surface area contributed by atoms with Gasteiger partial charge in [-0.15, -0.1) is 0 Å². The normalized spacial score (nSPS) is 10.2. The van der Waals surface area contributed by atoms with Crippen molar-refractivity contribution in [2.45, 2.75) is 0 Å². The maximum atomic E-state index is 13.4. The molecule has 0 radical (unpaired) electrons. The fraction of sp³-hybridized carbons (Fsp3) is 0.125. The van der Waals surface area contributed by atoms with E-state index in [-0.39, 0.29) is 28.2 Å². The molecule has 0 amide bonds. The third kappa shape index (κ3) is 3.93. The Bertz CT molecular complexity index is 1100. The molecule has 0 aliphatic rings. The monoisotopic (exact) mass is 404 g/mol. The molecule has 0 bridgehead atoms. The molecule has 3 rings (SSSR count). The molecule has 0 saturated carbocycles. The zero-order valence-electron chi connectivity index (χ0n) is 16.8. The number of hydrogen-bond acceptors (Lipinski definition) is 6. The van der Waals surface area contributed by atoms with Crippen LogP contribution in [0.1, 0.15) is 42.2 Å². The van der Waals surface area contributed by atoms with E-state index in [4.69, 9.17) is 14.2 Å². The minimum atomic E-state index is -0.452. The van der Waals surface area contributed by atoms with Crippen LogP contribution >= 0.6 is 0 Å². The van der Waals surface area contributed by atoms with Crippen molar-refractivity contribution in [1.29, 1.82) is 0 Å². The summed E-state index contributed by atoms with van der Waals surface area (Å²) in [6, 6.07) is 16.0. The zero-order valence-corrected chi connectivity index (χ0v) is 16.8. The zero-order chi connectivity index (χ0) is 21.7. The predicted molar refractivity (Wildman–Crippen MR) is 111 cm³/mol. The molecule has 6 heteroatoms. The van der Waals surface area contributed by atoms with E-state index in [0.717, 1.165) is 0 Å². The first kappa shape index (κ1) is 20.8. The Morgan fingerprint density at radius 2 is 1.43 bits per heavy atom. The highest BCUT2D eigenvalue weighted by atomic mass is 16.5.